The van der Waals surface area contributed by atoms with Crippen molar-refractivity contribution in [1.29, 1.82) is 0 Å². The number of fused-ring (bicyclic) bond motifs is 6. The molecule has 0 amide bonds. The van der Waals surface area contributed by atoms with Crippen LogP contribution in [0.4, 0.5) is 0 Å². The van der Waals surface area contributed by atoms with Gasteiger partial charge in [0.25, 0.3) is 0 Å². The Kier molecular flexibility index (Phi) is 3.50. The number of aromatic nitrogens is 2. The summed E-state index contributed by atoms with van der Waals surface area (Å²) in [6.07, 6.45) is 2.17. The Morgan fingerprint density at radius 3 is 1.97 bits per heavy atom. The van der Waals surface area contributed by atoms with Crippen LogP contribution in [-0.4, -0.2) is 9.38 Å². The van der Waals surface area contributed by atoms with E-state index < -0.39 is 0 Å². The van der Waals surface area contributed by atoms with Crippen molar-refractivity contribution in [3.63, 3.8) is 0 Å². The molecule has 0 radical (unpaired) electrons. The highest BCUT2D eigenvalue weighted by Gasteiger charge is 2.18. The molecular formula is C27H18N2. The summed E-state index contributed by atoms with van der Waals surface area (Å²) >= 11 is 0. The fourth-order valence-electron chi connectivity index (χ4n) is 4.19. The molecule has 0 bridgehead atoms. The second-order valence-corrected chi connectivity index (χ2v) is 7.32. The van der Waals surface area contributed by atoms with E-state index in [-0.39, 0.29) is 0 Å². The van der Waals surface area contributed by atoms with Crippen molar-refractivity contribution in [3.05, 3.63) is 109 Å². The zero-order chi connectivity index (χ0) is 19.2. The van der Waals surface area contributed by atoms with Crippen molar-refractivity contribution in [2.24, 2.45) is 0 Å². The number of pyridine rings is 2. The third-order valence-electron chi connectivity index (χ3n) is 5.60. The van der Waals surface area contributed by atoms with Gasteiger partial charge >= 0.3 is 0 Å². The van der Waals surface area contributed by atoms with Crippen molar-refractivity contribution in [3.8, 4) is 33.8 Å². The molecule has 0 spiro atoms. The summed E-state index contributed by atoms with van der Waals surface area (Å²) < 4.78 is 2.27. The Labute approximate surface area is 169 Å². The first kappa shape index (κ1) is 16.1. The first-order chi connectivity index (χ1) is 14.4. The van der Waals surface area contributed by atoms with Gasteiger partial charge in [0, 0.05) is 22.5 Å². The lowest BCUT2D eigenvalue weighted by Crippen LogP contribution is -1.96. The van der Waals surface area contributed by atoms with Gasteiger partial charge in [0.2, 0.25) is 0 Å². The lowest BCUT2D eigenvalue weighted by atomic mass is 10.0. The van der Waals surface area contributed by atoms with Crippen LogP contribution >= 0.6 is 0 Å². The Morgan fingerprint density at radius 1 is 0.552 bits per heavy atom. The third kappa shape index (κ3) is 2.54. The van der Waals surface area contributed by atoms with E-state index in [9.17, 15) is 0 Å². The second-order valence-electron chi connectivity index (χ2n) is 7.32. The third-order valence-corrected chi connectivity index (χ3v) is 5.60. The maximum atomic E-state index is 5.02. The van der Waals surface area contributed by atoms with E-state index in [1.54, 1.807) is 0 Å². The lowest BCUT2D eigenvalue weighted by molar-refractivity contribution is 1.18. The van der Waals surface area contributed by atoms with Gasteiger partial charge in [0.1, 0.15) is 0 Å². The quantitative estimate of drug-likeness (QED) is 0.302. The predicted molar refractivity (Wildman–Crippen MR) is 120 cm³/mol. The zero-order valence-corrected chi connectivity index (χ0v) is 15.8. The average Bonchev–Trinajstić information content (AvgIpc) is 3.26. The maximum Gasteiger partial charge on any atom is 0.0957 e. The highest BCUT2D eigenvalue weighted by Crippen LogP contribution is 2.37. The van der Waals surface area contributed by atoms with E-state index >= 15 is 0 Å². The van der Waals surface area contributed by atoms with Crippen LogP contribution in [0.1, 0.15) is 0 Å². The van der Waals surface area contributed by atoms with E-state index in [4.69, 9.17) is 4.98 Å². The molecule has 2 aliphatic rings. The van der Waals surface area contributed by atoms with Crippen molar-refractivity contribution >= 4 is 16.3 Å². The molecule has 2 aliphatic heterocycles. The molecule has 3 aromatic carbocycles. The molecule has 0 unspecified atom stereocenters. The molecule has 0 N–H and O–H groups in total. The van der Waals surface area contributed by atoms with Gasteiger partial charge in [-0.1, -0.05) is 84.9 Å². The molecule has 0 aliphatic carbocycles. The van der Waals surface area contributed by atoms with E-state index in [2.05, 4.69) is 108 Å². The summed E-state index contributed by atoms with van der Waals surface area (Å²) in [5.74, 6) is 0. The Bertz CT molecular complexity index is 1430. The summed E-state index contributed by atoms with van der Waals surface area (Å²) in [6.45, 7) is 0. The van der Waals surface area contributed by atoms with Gasteiger partial charge in [-0.25, -0.2) is 4.98 Å². The van der Waals surface area contributed by atoms with Crippen LogP contribution in [0.5, 0.6) is 0 Å². The molecule has 0 fully saturated rings. The summed E-state index contributed by atoms with van der Waals surface area (Å²) in [6, 6.07) is 36.2. The summed E-state index contributed by atoms with van der Waals surface area (Å²) in [5, 5.41) is 2.41. The topological polar surface area (TPSA) is 17.3 Å². The largest absolute Gasteiger partial charge is 0.314 e. The number of hydrogen-bond donors (Lipinski definition) is 0. The molecule has 6 rings (SSSR count). The van der Waals surface area contributed by atoms with E-state index in [0.717, 1.165) is 22.6 Å². The normalized spacial score (nSPS) is 11.4. The minimum Gasteiger partial charge on any atom is -0.314 e. The van der Waals surface area contributed by atoms with Crippen molar-refractivity contribution < 1.29 is 0 Å². The van der Waals surface area contributed by atoms with E-state index in [0.29, 0.717) is 0 Å². The van der Waals surface area contributed by atoms with E-state index in [1.807, 2.05) is 6.07 Å². The smallest absolute Gasteiger partial charge is 0.0957 e. The number of rotatable bonds is 2. The maximum absolute atomic E-state index is 5.02. The number of benzene rings is 3. The van der Waals surface area contributed by atoms with Crippen LogP contribution in [0.25, 0.3) is 50.1 Å². The van der Waals surface area contributed by atoms with Gasteiger partial charge in [-0.2, -0.15) is 0 Å². The minimum atomic E-state index is 1.01. The van der Waals surface area contributed by atoms with E-state index in [1.165, 1.54) is 27.4 Å². The highest BCUT2D eigenvalue weighted by molar-refractivity contribution is 6.06. The van der Waals surface area contributed by atoms with Gasteiger partial charge in [-0.3, -0.25) is 0 Å². The molecule has 3 heterocycles. The fraction of sp³-hybridized carbons (Fsp3) is 0. The van der Waals surface area contributed by atoms with Crippen LogP contribution in [0.15, 0.2) is 109 Å². The van der Waals surface area contributed by atoms with Gasteiger partial charge in [-0.15, -0.1) is 0 Å². The van der Waals surface area contributed by atoms with Crippen LogP contribution in [0.2, 0.25) is 0 Å². The Hall–Kier alpha value is -3.91. The van der Waals surface area contributed by atoms with Crippen LogP contribution in [0.3, 0.4) is 0 Å². The molecule has 1 aromatic heterocycles. The summed E-state index contributed by atoms with van der Waals surface area (Å²) in [5.41, 5.74) is 7.98. The summed E-state index contributed by atoms with van der Waals surface area (Å²) in [4.78, 5) is 5.02. The van der Waals surface area contributed by atoms with Crippen LogP contribution in [-0.2, 0) is 0 Å². The Morgan fingerprint density at radius 2 is 1.21 bits per heavy atom. The SMILES string of the molecule is c1ccc(-c2ccn3c4cc(-c5ccccc5)nc-4c4ccccc4c3c2)cc1. The van der Waals surface area contributed by atoms with Crippen molar-refractivity contribution in [2.45, 2.75) is 0 Å². The predicted octanol–water partition coefficient (Wildman–Crippen LogP) is 6.93. The first-order valence-corrected chi connectivity index (χ1v) is 9.83. The molecule has 4 aromatic rings. The van der Waals surface area contributed by atoms with Crippen LogP contribution in [0, 0.1) is 0 Å². The molecule has 2 nitrogen and oxygen atoms in total. The summed E-state index contributed by atoms with van der Waals surface area (Å²) in [7, 11) is 0. The lowest BCUT2D eigenvalue weighted by Gasteiger charge is -2.14. The molecular weight excluding hydrogens is 352 g/mol. The number of nitrogens with zero attached hydrogens (tertiary/aromatic N) is 2. The zero-order valence-electron chi connectivity index (χ0n) is 15.8. The van der Waals surface area contributed by atoms with Gasteiger partial charge < -0.3 is 4.40 Å². The molecule has 0 saturated heterocycles. The molecule has 136 valence electrons. The second kappa shape index (κ2) is 6.32. The average molecular weight is 370 g/mol. The Balaban J connectivity index is 1.70. The van der Waals surface area contributed by atoms with Crippen LogP contribution < -0.4 is 0 Å². The van der Waals surface area contributed by atoms with Gasteiger partial charge in [0.05, 0.1) is 22.6 Å². The molecule has 29 heavy (non-hydrogen) atoms. The molecule has 0 atom stereocenters. The highest BCUT2D eigenvalue weighted by atomic mass is 14.9. The van der Waals surface area contributed by atoms with Crippen molar-refractivity contribution in [2.75, 3.05) is 0 Å². The monoisotopic (exact) mass is 370 g/mol. The first-order valence-electron chi connectivity index (χ1n) is 9.83. The van der Waals surface area contributed by atoms with Crippen molar-refractivity contribution in [1.82, 2.24) is 9.38 Å². The standard InChI is InChI=1S/C27H18N2/c1-3-9-19(10-4-1)21-15-16-29-25(17-21)22-13-7-8-14-23(22)27-26(29)18-24(28-27)20-11-5-2-6-12-20/h1-18H. The van der Waals surface area contributed by atoms with Gasteiger partial charge in [-0.05, 0) is 29.3 Å². The van der Waals surface area contributed by atoms with Gasteiger partial charge in [0.15, 0.2) is 0 Å². The molecule has 0 saturated carbocycles. The minimum absolute atomic E-state index is 1.01. The fourth-order valence-corrected chi connectivity index (χ4v) is 4.19. The molecule has 2 heteroatoms. The number of hydrogen-bond acceptors (Lipinski definition) is 1.